The average Bonchev–Trinajstić information content (AvgIpc) is 2.66. The summed E-state index contributed by atoms with van der Waals surface area (Å²) < 4.78 is 0. The standard InChI is InChI=1S/C22H22N4O/c1-4-17(15-26(2)3)18-5-6-19-14-24-21(13-20(19)12-18)25-22(27)11-16-7-9-23-10-8-16/h4-10,12-15H,1,11H2,2-3H3,(H,24,25,27)/b17-15+. The molecule has 5 nitrogen and oxygen atoms in total. The topological polar surface area (TPSA) is 58.1 Å². The number of pyridine rings is 2. The Morgan fingerprint density at radius 1 is 1.15 bits per heavy atom. The number of fused-ring (bicyclic) bond motifs is 1. The van der Waals surface area contributed by atoms with Crippen LogP contribution in [-0.2, 0) is 11.2 Å². The lowest BCUT2D eigenvalue weighted by atomic mass is 10.0. The van der Waals surface area contributed by atoms with Crippen LogP contribution >= 0.6 is 0 Å². The molecule has 1 amide bonds. The van der Waals surface area contributed by atoms with Gasteiger partial charge in [-0.15, -0.1) is 0 Å². The monoisotopic (exact) mass is 358 g/mol. The molecule has 0 saturated heterocycles. The number of rotatable bonds is 6. The largest absolute Gasteiger partial charge is 0.383 e. The van der Waals surface area contributed by atoms with E-state index < -0.39 is 0 Å². The van der Waals surface area contributed by atoms with Crippen LogP contribution in [0.1, 0.15) is 11.1 Å². The van der Waals surface area contributed by atoms with Crippen molar-refractivity contribution in [1.29, 1.82) is 0 Å². The first-order valence-electron chi connectivity index (χ1n) is 8.65. The van der Waals surface area contributed by atoms with Crippen LogP contribution in [0.3, 0.4) is 0 Å². The number of amides is 1. The molecule has 0 saturated carbocycles. The summed E-state index contributed by atoms with van der Waals surface area (Å²) in [5.74, 6) is 0.430. The van der Waals surface area contributed by atoms with E-state index in [1.54, 1.807) is 18.6 Å². The van der Waals surface area contributed by atoms with Crippen LogP contribution in [-0.4, -0.2) is 34.9 Å². The highest BCUT2D eigenvalue weighted by Crippen LogP contribution is 2.23. The number of carbonyl (C=O) groups is 1. The summed E-state index contributed by atoms with van der Waals surface area (Å²) in [5.41, 5.74) is 3.00. The second-order valence-corrected chi connectivity index (χ2v) is 6.46. The highest BCUT2D eigenvalue weighted by Gasteiger charge is 2.07. The lowest BCUT2D eigenvalue weighted by molar-refractivity contribution is -0.115. The molecule has 1 N–H and O–H groups in total. The van der Waals surface area contributed by atoms with Crippen molar-refractivity contribution >= 4 is 28.1 Å². The molecule has 3 aromatic rings. The van der Waals surface area contributed by atoms with Gasteiger partial charge in [-0.25, -0.2) is 4.98 Å². The van der Waals surface area contributed by atoms with E-state index in [9.17, 15) is 4.79 Å². The fraction of sp³-hybridized carbons (Fsp3) is 0.136. The van der Waals surface area contributed by atoms with Crippen molar-refractivity contribution in [2.24, 2.45) is 0 Å². The van der Waals surface area contributed by atoms with E-state index in [1.165, 1.54) is 0 Å². The van der Waals surface area contributed by atoms with Crippen molar-refractivity contribution in [3.8, 4) is 0 Å². The Morgan fingerprint density at radius 2 is 1.93 bits per heavy atom. The normalized spacial score (nSPS) is 11.3. The molecule has 0 atom stereocenters. The minimum absolute atomic E-state index is 0.108. The first kappa shape index (κ1) is 18.3. The van der Waals surface area contributed by atoms with Gasteiger partial charge in [0.05, 0.1) is 6.42 Å². The third-order valence-electron chi connectivity index (χ3n) is 4.05. The first-order valence-corrected chi connectivity index (χ1v) is 8.65. The summed E-state index contributed by atoms with van der Waals surface area (Å²) in [6.45, 7) is 3.90. The van der Waals surface area contributed by atoms with Crippen molar-refractivity contribution in [3.63, 3.8) is 0 Å². The third-order valence-corrected chi connectivity index (χ3v) is 4.05. The molecular weight excluding hydrogens is 336 g/mol. The zero-order valence-electron chi connectivity index (χ0n) is 15.5. The molecule has 0 radical (unpaired) electrons. The Hall–Kier alpha value is -3.47. The summed E-state index contributed by atoms with van der Waals surface area (Å²) in [4.78, 5) is 22.5. The van der Waals surface area contributed by atoms with Crippen molar-refractivity contribution in [3.05, 3.63) is 85.0 Å². The maximum absolute atomic E-state index is 12.3. The van der Waals surface area contributed by atoms with E-state index in [4.69, 9.17) is 0 Å². The Kier molecular flexibility index (Phi) is 5.61. The summed E-state index contributed by atoms with van der Waals surface area (Å²) in [6.07, 6.45) is 9.26. The molecule has 5 heteroatoms. The molecule has 2 heterocycles. The molecule has 27 heavy (non-hydrogen) atoms. The van der Waals surface area contributed by atoms with Crippen LogP contribution in [0.25, 0.3) is 16.3 Å². The molecule has 0 aliphatic heterocycles. The first-order chi connectivity index (χ1) is 13.0. The highest BCUT2D eigenvalue weighted by molar-refractivity contribution is 5.94. The van der Waals surface area contributed by atoms with Gasteiger partial charge in [-0.1, -0.05) is 24.8 Å². The van der Waals surface area contributed by atoms with Gasteiger partial charge in [0.15, 0.2) is 0 Å². The Balaban J connectivity index is 1.83. The number of anilines is 1. The Bertz CT molecular complexity index is 994. The number of allylic oxidation sites excluding steroid dienone is 2. The van der Waals surface area contributed by atoms with Crippen molar-refractivity contribution < 1.29 is 4.79 Å². The quantitative estimate of drug-likeness (QED) is 0.679. The van der Waals surface area contributed by atoms with Crippen molar-refractivity contribution in [2.45, 2.75) is 6.42 Å². The van der Waals surface area contributed by atoms with Crippen LogP contribution in [0.2, 0.25) is 0 Å². The number of aromatic nitrogens is 2. The number of nitrogens with one attached hydrogen (secondary N) is 1. The molecule has 0 unspecified atom stereocenters. The fourth-order valence-corrected chi connectivity index (χ4v) is 2.79. The van der Waals surface area contributed by atoms with E-state index in [2.05, 4.69) is 27.9 Å². The van der Waals surface area contributed by atoms with Crippen LogP contribution < -0.4 is 5.32 Å². The fourth-order valence-electron chi connectivity index (χ4n) is 2.79. The van der Waals surface area contributed by atoms with Gasteiger partial charge in [0.25, 0.3) is 0 Å². The Labute approximate surface area is 159 Å². The van der Waals surface area contributed by atoms with Gasteiger partial charge in [0.1, 0.15) is 5.82 Å². The number of hydrogen-bond acceptors (Lipinski definition) is 4. The van der Waals surface area contributed by atoms with Gasteiger partial charge in [0, 0.05) is 44.3 Å². The average molecular weight is 358 g/mol. The van der Waals surface area contributed by atoms with Gasteiger partial charge in [-0.05, 0) is 46.4 Å². The molecule has 0 spiro atoms. The van der Waals surface area contributed by atoms with Crippen LogP contribution in [0, 0.1) is 0 Å². The molecule has 0 aliphatic carbocycles. The van der Waals surface area contributed by atoms with Crippen molar-refractivity contribution in [1.82, 2.24) is 14.9 Å². The van der Waals surface area contributed by atoms with E-state index in [0.717, 1.165) is 27.5 Å². The maximum Gasteiger partial charge on any atom is 0.229 e. The molecule has 1 aromatic carbocycles. The van der Waals surface area contributed by atoms with E-state index in [0.29, 0.717) is 5.82 Å². The molecule has 0 fully saturated rings. The molecule has 3 rings (SSSR count). The van der Waals surface area contributed by atoms with Gasteiger partial charge in [0.2, 0.25) is 5.91 Å². The number of hydrogen-bond donors (Lipinski definition) is 1. The summed E-state index contributed by atoms with van der Waals surface area (Å²) >= 11 is 0. The summed E-state index contributed by atoms with van der Waals surface area (Å²) in [7, 11) is 3.95. The molecule has 136 valence electrons. The number of carbonyl (C=O) groups excluding carboxylic acids is 1. The summed E-state index contributed by atoms with van der Waals surface area (Å²) in [6, 6.07) is 11.7. The van der Waals surface area contributed by atoms with E-state index in [1.807, 2.05) is 61.6 Å². The summed E-state index contributed by atoms with van der Waals surface area (Å²) in [5, 5.41) is 4.88. The second-order valence-electron chi connectivity index (χ2n) is 6.46. The van der Waals surface area contributed by atoms with Crippen molar-refractivity contribution in [2.75, 3.05) is 19.4 Å². The van der Waals surface area contributed by atoms with Crippen LogP contribution in [0.4, 0.5) is 5.82 Å². The number of benzene rings is 1. The maximum atomic E-state index is 12.3. The number of nitrogens with zero attached hydrogens (tertiary/aromatic N) is 3. The lowest BCUT2D eigenvalue weighted by Crippen LogP contribution is -2.15. The zero-order valence-corrected chi connectivity index (χ0v) is 15.5. The predicted molar refractivity (Wildman–Crippen MR) is 110 cm³/mol. The minimum Gasteiger partial charge on any atom is -0.383 e. The minimum atomic E-state index is -0.108. The third kappa shape index (κ3) is 4.79. The van der Waals surface area contributed by atoms with Gasteiger partial charge < -0.3 is 10.2 Å². The Morgan fingerprint density at radius 3 is 2.63 bits per heavy atom. The molecule has 0 bridgehead atoms. The van der Waals surface area contributed by atoms with Crippen LogP contribution in [0.15, 0.2) is 73.8 Å². The molecular formula is C22H22N4O. The smallest absolute Gasteiger partial charge is 0.229 e. The van der Waals surface area contributed by atoms with Gasteiger partial charge in [-0.3, -0.25) is 9.78 Å². The molecule has 0 aliphatic rings. The SMILES string of the molecule is C=C/C(=C\N(C)C)c1ccc2cnc(NC(=O)Cc3ccncc3)cc2c1. The van der Waals surface area contributed by atoms with E-state index in [-0.39, 0.29) is 12.3 Å². The van der Waals surface area contributed by atoms with Gasteiger partial charge >= 0.3 is 0 Å². The van der Waals surface area contributed by atoms with E-state index >= 15 is 0 Å². The molecule has 2 aromatic heterocycles. The lowest BCUT2D eigenvalue weighted by Gasteiger charge is -2.11. The second kappa shape index (κ2) is 8.27. The van der Waals surface area contributed by atoms with Gasteiger partial charge in [-0.2, -0.15) is 0 Å². The van der Waals surface area contributed by atoms with Crippen LogP contribution in [0.5, 0.6) is 0 Å². The highest BCUT2D eigenvalue weighted by atomic mass is 16.1. The predicted octanol–water partition coefficient (Wildman–Crippen LogP) is 3.90. The zero-order chi connectivity index (χ0) is 19.2.